The highest BCUT2D eigenvalue weighted by molar-refractivity contribution is 6.10. The van der Waals surface area contributed by atoms with Crippen LogP contribution in [0.1, 0.15) is 32.6 Å². The van der Waals surface area contributed by atoms with Gasteiger partial charge in [0.2, 0.25) is 5.91 Å². The van der Waals surface area contributed by atoms with Crippen LogP contribution in [0.5, 0.6) is 0 Å². The third kappa shape index (κ3) is 2.86. The van der Waals surface area contributed by atoms with Crippen LogP contribution in [0, 0.1) is 11.7 Å². The summed E-state index contributed by atoms with van der Waals surface area (Å²) in [5.74, 6) is -1.18. The summed E-state index contributed by atoms with van der Waals surface area (Å²) < 4.78 is 12.9. The standard InChI is InChI=1S/C17H20FN3O3/c1-11-4-2-3-9-17(11)15(23)21(16(24)20-17)10-14(22)19-13-7-5-12(18)6-8-13/h5-8,11H,2-4,9-10H2,1H3,(H,19,22)(H,20,24)/t11-,17+/m1/s1. The molecule has 4 amide bonds. The van der Waals surface area contributed by atoms with Crippen LogP contribution in [-0.2, 0) is 9.59 Å². The Kier molecular flexibility index (Phi) is 4.26. The Labute approximate surface area is 139 Å². The highest BCUT2D eigenvalue weighted by Gasteiger charge is 2.55. The summed E-state index contributed by atoms with van der Waals surface area (Å²) in [7, 11) is 0. The minimum Gasteiger partial charge on any atom is -0.325 e. The zero-order valence-corrected chi connectivity index (χ0v) is 13.5. The van der Waals surface area contributed by atoms with Gasteiger partial charge in [-0.15, -0.1) is 0 Å². The van der Waals surface area contributed by atoms with E-state index < -0.39 is 23.3 Å². The second-order valence-electron chi connectivity index (χ2n) is 6.49. The van der Waals surface area contributed by atoms with Gasteiger partial charge in [-0.2, -0.15) is 0 Å². The van der Waals surface area contributed by atoms with E-state index in [-0.39, 0.29) is 18.4 Å². The number of carbonyl (C=O) groups excluding carboxylic acids is 3. The number of hydrogen-bond donors (Lipinski definition) is 2. The third-order valence-electron chi connectivity index (χ3n) is 4.93. The number of imide groups is 1. The summed E-state index contributed by atoms with van der Waals surface area (Å²) in [5.41, 5.74) is -0.458. The molecule has 6 nitrogen and oxygen atoms in total. The van der Waals surface area contributed by atoms with E-state index in [9.17, 15) is 18.8 Å². The predicted octanol–water partition coefficient (Wildman–Crippen LogP) is 2.26. The van der Waals surface area contributed by atoms with E-state index in [0.29, 0.717) is 12.1 Å². The van der Waals surface area contributed by atoms with Gasteiger partial charge in [-0.25, -0.2) is 9.18 Å². The summed E-state index contributed by atoms with van der Waals surface area (Å²) in [4.78, 5) is 38.0. The molecule has 1 aliphatic carbocycles. The molecule has 1 spiro atoms. The first-order valence-corrected chi connectivity index (χ1v) is 8.12. The van der Waals surface area contributed by atoms with Crippen LogP contribution in [0.4, 0.5) is 14.9 Å². The first-order valence-electron chi connectivity index (χ1n) is 8.12. The summed E-state index contributed by atoms with van der Waals surface area (Å²) in [6.07, 6.45) is 3.40. The van der Waals surface area contributed by atoms with E-state index in [1.807, 2.05) is 6.92 Å². The predicted molar refractivity (Wildman–Crippen MR) is 85.6 cm³/mol. The van der Waals surface area contributed by atoms with Crippen LogP contribution in [0.3, 0.4) is 0 Å². The van der Waals surface area contributed by atoms with E-state index in [1.54, 1.807) is 0 Å². The van der Waals surface area contributed by atoms with Crippen molar-refractivity contribution >= 4 is 23.5 Å². The molecular weight excluding hydrogens is 313 g/mol. The maximum atomic E-state index is 12.9. The van der Waals surface area contributed by atoms with Crippen molar-refractivity contribution in [3.05, 3.63) is 30.1 Å². The number of hydrogen-bond acceptors (Lipinski definition) is 3. The van der Waals surface area contributed by atoms with E-state index in [1.165, 1.54) is 24.3 Å². The molecule has 3 rings (SSSR count). The summed E-state index contributed by atoms with van der Waals surface area (Å²) in [5, 5.41) is 5.36. The highest BCUT2D eigenvalue weighted by atomic mass is 19.1. The molecule has 2 atom stereocenters. The van der Waals surface area contributed by atoms with Gasteiger partial charge in [0.1, 0.15) is 17.9 Å². The van der Waals surface area contributed by atoms with Crippen molar-refractivity contribution in [1.29, 1.82) is 0 Å². The van der Waals surface area contributed by atoms with Crippen molar-refractivity contribution in [2.75, 3.05) is 11.9 Å². The van der Waals surface area contributed by atoms with Crippen molar-refractivity contribution in [3.63, 3.8) is 0 Å². The van der Waals surface area contributed by atoms with Crippen LogP contribution in [0.15, 0.2) is 24.3 Å². The fraction of sp³-hybridized carbons (Fsp3) is 0.471. The van der Waals surface area contributed by atoms with Crippen LogP contribution in [-0.4, -0.2) is 34.8 Å². The van der Waals surface area contributed by atoms with Gasteiger partial charge in [-0.1, -0.05) is 19.8 Å². The van der Waals surface area contributed by atoms with Crippen LogP contribution in [0.25, 0.3) is 0 Å². The monoisotopic (exact) mass is 333 g/mol. The van der Waals surface area contributed by atoms with Gasteiger partial charge in [0.15, 0.2) is 0 Å². The maximum absolute atomic E-state index is 12.9. The lowest BCUT2D eigenvalue weighted by Crippen LogP contribution is -2.54. The molecule has 1 heterocycles. The molecular formula is C17H20FN3O3. The summed E-state index contributed by atoms with van der Waals surface area (Å²) >= 11 is 0. The lowest BCUT2D eigenvalue weighted by molar-refractivity contribution is -0.136. The van der Waals surface area contributed by atoms with Crippen LogP contribution < -0.4 is 10.6 Å². The summed E-state index contributed by atoms with van der Waals surface area (Å²) in [6.45, 7) is 1.61. The quantitative estimate of drug-likeness (QED) is 0.833. The second kappa shape index (κ2) is 6.22. The molecule has 1 aliphatic heterocycles. The van der Waals surface area contributed by atoms with Crippen molar-refractivity contribution < 1.29 is 18.8 Å². The largest absolute Gasteiger partial charge is 0.325 e. The fourth-order valence-electron chi connectivity index (χ4n) is 3.52. The number of nitrogens with zero attached hydrogens (tertiary/aromatic N) is 1. The molecule has 2 N–H and O–H groups in total. The van der Waals surface area contributed by atoms with Gasteiger partial charge < -0.3 is 10.6 Å². The van der Waals surface area contributed by atoms with Gasteiger partial charge in [0.25, 0.3) is 5.91 Å². The Balaban J connectivity index is 1.68. The van der Waals surface area contributed by atoms with E-state index in [2.05, 4.69) is 10.6 Å². The molecule has 1 aromatic carbocycles. The number of anilines is 1. The molecule has 1 aromatic rings. The van der Waals surface area contributed by atoms with Gasteiger partial charge in [-0.05, 0) is 43.0 Å². The molecule has 0 radical (unpaired) electrons. The average Bonchev–Trinajstić information content (AvgIpc) is 2.78. The van der Waals surface area contributed by atoms with Crippen LogP contribution in [0.2, 0.25) is 0 Å². The van der Waals surface area contributed by atoms with Crippen LogP contribution >= 0.6 is 0 Å². The van der Waals surface area contributed by atoms with Crippen molar-refractivity contribution in [2.24, 2.45) is 5.92 Å². The Hall–Kier alpha value is -2.44. The molecule has 7 heteroatoms. The number of nitrogens with one attached hydrogen (secondary N) is 2. The van der Waals surface area contributed by atoms with E-state index in [4.69, 9.17) is 0 Å². The number of urea groups is 1. The van der Waals surface area contributed by atoms with Crippen molar-refractivity contribution in [2.45, 2.75) is 38.1 Å². The SMILES string of the molecule is C[C@@H]1CCCC[C@]12NC(=O)N(CC(=O)Nc1ccc(F)cc1)C2=O. The second-order valence-corrected chi connectivity index (χ2v) is 6.49. The maximum Gasteiger partial charge on any atom is 0.325 e. The Morgan fingerprint density at radius 2 is 2.04 bits per heavy atom. The van der Waals surface area contributed by atoms with Crippen molar-refractivity contribution in [3.8, 4) is 0 Å². The number of carbonyl (C=O) groups is 3. The Bertz CT molecular complexity index is 676. The number of rotatable bonds is 3. The Morgan fingerprint density at radius 3 is 2.71 bits per heavy atom. The minimum absolute atomic E-state index is 0.0489. The van der Waals surface area contributed by atoms with Gasteiger partial charge in [0, 0.05) is 5.69 Å². The topological polar surface area (TPSA) is 78.5 Å². The minimum atomic E-state index is -0.870. The van der Waals surface area contributed by atoms with Gasteiger partial charge >= 0.3 is 6.03 Å². The molecule has 128 valence electrons. The molecule has 24 heavy (non-hydrogen) atoms. The molecule has 2 fully saturated rings. The number of benzene rings is 1. The molecule has 2 aliphatic rings. The molecule has 1 saturated carbocycles. The zero-order chi connectivity index (χ0) is 17.3. The Morgan fingerprint density at radius 1 is 1.33 bits per heavy atom. The number of amides is 4. The first kappa shape index (κ1) is 16.4. The average molecular weight is 333 g/mol. The first-order chi connectivity index (χ1) is 11.4. The highest BCUT2D eigenvalue weighted by Crippen LogP contribution is 2.38. The molecule has 0 unspecified atom stereocenters. The lowest BCUT2D eigenvalue weighted by Gasteiger charge is -2.36. The smallest absolute Gasteiger partial charge is 0.325 e. The molecule has 0 bridgehead atoms. The third-order valence-corrected chi connectivity index (χ3v) is 4.93. The zero-order valence-electron chi connectivity index (χ0n) is 13.5. The summed E-state index contributed by atoms with van der Waals surface area (Å²) in [6, 6.07) is 4.76. The normalized spacial score (nSPS) is 26.6. The lowest BCUT2D eigenvalue weighted by atomic mass is 9.73. The fourth-order valence-corrected chi connectivity index (χ4v) is 3.52. The van der Waals surface area contributed by atoms with Gasteiger partial charge in [-0.3, -0.25) is 14.5 Å². The molecule has 1 saturated heterocycles. The number of halogens is 1. The molecule has 0 aromatic heterocycles. The van der Waals surface area contributed by atoms with E-state index >= 15 is 0 Å². The van der Waals surface area contributed by atoms with E-state index in [0.717, 1.165) is 24.2 Å². The van der Waals surface area contributed by atoms with Crippen molar-refractivity contribution in [1.82, 2.24) is 10.2 Å². The van der Waals surface area contributed by atoms with Gasteiger partial charge in [0.05, 0.1) is 0 Å².